The molecule has 0 aromatic heterocycles. The molecule has 1 aromatic rings. The summed E-state index contributed by atoms with van der Waals surface area (Å²) in [6.07, 6.45) is 0.578. The fraction of sp³-hybridized carbons (Fsp3) is 0.462. The fourth-order valence-electron chi connectivity index (χ4n) is 1.65. The average molecular weight is 274 g/mol. The predicted molar refractivity (Wildman–Crippen MR) is 73.1 cm³/mol. The van der Waals surface area contributed by atoms with E-state index in [0.29, 0.717) is 6.42 Å². The smallest absolute Gasteiger partial charge is 0.310 e. The molecule has 0 aliphatic rings. The Morgan fingerprint density at radius 2 is 1.83 bits per heavy atom. The number of methoxy groups -OCH3 is 2. The highest BCUT2D eigenvalue weighted by molar-refractivity contribution is 5.85. The molecule has 0 radical (unpaired) electrons. The van der Waals surface area contributed by atoms with E-state index >= 15 is 0 Å². The van der Waals surface area contributed by atoms with Crippen LogP contribution in [0.25, 0.3) is 0 Å². The van der Waals surface area contributed by atoms with Crippen LogP contribution in [0.15, 0.2) is 24.3 Å². The van der Waals surface area contributed by atoms with Crippen molar-refractivity contribution in [3.8, 4) is 5.75 Å². The Labute approximate surface area is 114 Å². The molecule has 0 saturated carbocycles. The number of carbonyl (C=O) groups is 1. The summed E-state index contributed by atoms with van der Waals surface area (Å²) in [5.74, 6) is 0.216. The molecule has 0 aliphatic carbocycles. The highest BCUT2D eigenvalue weighted by Crippen LogP contribution is 2.17. The monoisotopic (exact) mass is 273 g/mol. The second-order valence-electron chi connectivity index (χ2n) is 4.04. The lowest BCUT2D eigenvalue weighted by Gasteiger charge is -2.18. The maximum atomic E-state index is 11.6. The first-order valence-electron chi connectivity index (χ1n) is 5.54. The van der Waals surface area contributed by atoms with Crippen LogP contribution in [-0.2, 0) is 16.0 Å². The Balaban J connectivity index is 0.00000289. The van der Waals surface area contributed by atoms with E-state index in [-0.39, 0.29) is 30.3 Å². The van der Waals surface area contributed by atoms with Crippen LogP contribution in [0.3, 0.4) is 0 Å². The molecule has 2 atom stereocenters. The minimum atomic E-state index is -0.312. The van der Waals surface area contributed by atoms with Gasteiger partial charge in [-0.15, -0.1) is 12.4 Å². The first-order chi connectivity index (χ1) is 8.08. The molecule has 0 fully saturated rings. The van der Waals surface area contributed by atoms with Crippen LogP contribution in [0, 0.1) is 5.92 Å². The Hall–Kier alpha value is -1.26. The third-order valence-corrected chi connectivity index (χ3v) is 2.75. The summed E-state index contributed by atoms with van der Waals surface area (Å²) in [4.78, 5) is 11.6. The second-order valence-corrected chi connectivity index (χ2v) is 4.04. The van der Waals surface area contributed by atoms with E-state index in [1.807, 2.05) is 31.2 Å². The molecule has 5 heteroatoms. The average Bonchev–Trinajstić information content (AvgIpc) is 2.35. The third kappa shape index (κ3) is 4.55. The van der Waals surface area contributed by atoms with Crippen LogP contribution in [0.5, 0.6) is 5.75 Å². The largest absolute Gasteiger partial charge is 0.497 e. The first kappa shape index (κ1) is 16.7. The van der Waals surface area contributed by atoms with Crippen LogP contribution in [-0.4, -0.2) is 26.2 Å². The standard InChI is InChI=1S/C13H19NO3.ClH/c1-9(14)12(13(15)17-3)8-10-4-6-11(16-2)7-5-10;/h4-7,9,12H,8,14H2,1-3H3;1H/t9-,12-;/m1./s1. The number of ether oxygens (including phenoxy) is 2. The molecule has 4 nitrogen and oxygen atoms in total. The van der Waals surface area contributed by atoms with Gasteiger partial charge in [-0.3, -0.25) is 4.79 Å². The van der Waals surface area contributed by atoms with Gasteiger partial charge < -0.3 is 15.2 Å². The second kappa shape index (κ2) is 7.95. The fourth-order valence-corrected chi connectivity index (χ4v) is 1.65. The normalized spacial score (nSPS) is 13.1. The van der Waals surface area contributed by atoms with Gasteiger partial charge in [0.15, 0.2) is 0 Å². The molecule has 1 aromatic carbocycles. The molecule has 0 spiro atoms. The van der Waals surface area contributed by atoms with Gasteiger partial charge in [-0.05, 0) is 31.0 Å². The number of carbonyl (C=O) groups excluding carboxylic acids is 1. The van der Waals surface area contributed by atoms with E-state index < -0.39 is 0 Å². The van der Waals surface area contributed by atoms with Crippen molar-refractivity contribution in [3.05, 3.63) is 29.8 Å². The van der Waals surface area contributed by atoms with Gasteiger partial charge in [0, 0.05) is 6.04 Å². The Kier molecular flexibility index (Phi) is 7.39. The third-order valence-electron chi connectivity index (χ3n) is 2.75. The minimum Gasteiger partial charge on any atom is -0.497 e. The Morgan fingerprint density at radius 3 is 2.22 bits per heavy atom. The van der Waals surface area contributed by atoms with Gasteiger partial charge in [0.2, 0.25) is 0 Å². The molecule has 0 bridgehead atoms. The summed E-state index contributed by atoms with van der Waals surface area (Å²) in [5, 5.41) is 0. The van der Waals surface area contributed by atoms with Crippen molar-refractivity contribution in [2.45, 2.75) is 19.4 Å². The van der Waals surface area contributed by atoms with E-state index in [4.69, 9.17) is 15.2 Å². The zero-order valence-corrected chi connectivity index (χ0v) is 11.7. The van der Waals surface area contributed by atoms with Gasteiger partial charge in [0.05, 0.1) is 20.1 Å². The number of hydrogen-bond donors (Lipinski definition) is 1. The SMILES string of the molecule is COC(=O)[C@H](Cc1ccc(OC)cc1)[C@@H](C)N.Cl. The summed E-state index contributed by atoms with van der Waals surface area (Å²) < 4.78 is 9.82. The number of nitrogens with two attached hydrogens (primary N) is 1. The van der Waals surface area contributed by atoms with Crippen LogP contribution >= 0.6 is 12.4 Å². The summed E-state index contributed by atoms with van der Waals surface area (Å²) >= 11 is 0. The van der Waals surface area contributed by atoms with Crippen molar-refractivity contribution >= 4 is 18.4 Å². The lowest BCUT2D eigenvalue weighted by molar-refractivity contribution is -0.146. The Morgan fingerprint density at radius 1 is 1.28 bits per heavy atom. The molecular weight excluding hydrogens is 254 g/mol. The van der Waals surface area contributed by atoms with Crippen LogP contribution in [0.2, 0.25) is 0 Å². The molecule has 0 aliphatic heterocycles. The number of esters is 1. The number of hydrogen-bond acceptors (Lipinski definition) is 4. The quantitative estimate of drug-likeness (QED) is 0.831. The first-order valence-corrected chi connectivity index (χ1v) is 5.54. The van der Waals surface area contributed by atoms with Crippen LogP contribution in [0.1, 0.15) is 12.5 Å². The van der Waals surface area contributed by atoms with Crippen LogP contribution in [0.4, 0.5) is 0 Å². The van der Waals surface area contributed by atoms with E-state index in [0.717, 1.165) is 11.3 Å². The van der Waals surface area contributed by atoms with Gasteiger partial charge in [0.1, 0.15) is 5.75 Å². The van der Waals surface area contributed by atoms with Crippen LogP contribution < -0.4 is 10.5 Å². The van der Waals surface area contributed by atoms with Crippen molar-refractivity contribution in [2.75, 3.05) is 14.2 Å². The predicted octanol–water partition coefficient (Wildman–Crippen LogP) is 1.80. The zero-order chi connectivity index (χ0) is 12.8. The molecule has 18 heavy (non-hydrogen) atoms. The lowest BCUT2D eigenvalue weighted by Crippen LogP contribution is -2.35. The zero-order valence-electron chi connectivity index (χ0n) is 10.9. The highest BCUT2D eigenvalue weighted by Gasteiger charge is 2.23. The molecule has 0 saturated heterocycles. The topological polar surface area (TPSA) is 61.5 Å². The lowest BCUT2D eigenvalue weighted by atomic mass is 9.93. The molecular formula is C13H20ClNO3. The number of halogens is 1. The highest BCUT2D eigenvalue weighted by atomic mass is 35.5. The molecule has 0 amide bonds. The number of benzene rings is 1. The minimum absolute atomic E-state index is 0. The van der Waals surface area contributed by atoms with Crippen molar-refractivity contribution in [2.24, 2.45) is 11.7 Å². The summed E-state index contributed by atoms with van der Waals surface area (Å²) in [6, 6.07) is 7.36. The van der Waals surface area contributed by atoms with Gasteiger partial charge in [-0.1, -0.05) is 12.1 Å². The maximum absolute atomic E-state index is 11.6. The van der Waals surface area contributed by atoms with Gasteiger partial charge in [-0.25, -0.2) is 0 Å². The molecule has 0 unspecified atom stereocenters. The Bertz CT molecular complexity index is 365. The van der Waals surface area contributed by atoms with Crippen molar-refractivity contribution in [1.82, 2.24) is 0 Å². The molecule has 0 heterocycles. The van der Waals surface area contributed by atoms with Gasteiger partial charge in [-0.2, -0.15) is 0 Å². The van der Waals surface area contributed by atoms with E-state index in [1.165, 1.54) is 7.11 Å². The van der Waals surface area contributed by atoms with E-state index in [2.05, 4.69) is 0 Å². The summed E-state index contributed by atoms with van der Waals surface area (Å²) in [5.41, 5.74) is 6.83. The van der Waals surface area contributed by atoms with Crippen molar-refractivity contribution in [3.63, 3.8) is 0 Å². The van der Waals surface area contributed by atoms with Gasteiger partial charge in [0.25, 0.3) is 0 Å². The van der Waals surface area contributed by atoms with Crippen molar-refractivity contribution < 1.29 is 14.3 Å². The molecule has 1 rings (SSSR count). The van der Waals surface area contributed by atoms with Gasteiger partial charge >= 0.3 is 5.97 Å². The molecule has 2 N–H and O–H groups in total. The summed E-state index contributed by atoms with van der Waals surface area (Å²) in [6.45, 7) is 1.81. The maximum Gasteiger partial charge on any atom is 0.310 e. The van der Waals surface area contributed by atoms with E-state index in [9.17, 15) is 4.79 Å². The molecule has 102 valence electrons. The van der Waals surface area contributed by atoms with E-state index in [1.54, 1.807) is 7.11 Å². The number of rotatable bonds is 5. The summed E-state index contributed by atoms with van der Waals surface area (Å²) in [7, 11) is 3.00. The van der Waals surface area contributed by atoms with Crippen molar-refractivity contribution in [1.29, 1.82) is 0 Å².